The standard InChI is InChI=1S/C18H14ClF5N4O2/c1-16(17(21,18(22,23)24)30-8-14(25)28-16)11-6-10(3-4-12(11)20)27-15(29)13-5-2-9(19)7-26-13/h2-7H,8H2,1H3,(H2,25,28)(H,27,29)/t16?,17-/m1/s1. The lowest BCUT2D eigenvalue weighted by Gasteiger charge is -2.43. The zero-order valence-corrected chi connectivity index (χ0v) is 16.0. The largest absolute Gasteiger partial charge is 0.451 e. The van der Waals surface area contributed by atoms with E-state index >= 15 is 4.39 Å². The number of anilines is 1. The number of nitrogens with zero attached hydrogens (tertiary/aromatic N) is 2. The van der Waals surface area contributed by atoms with E-state index < -0.39 is 47.3 Å². The van der Waals surface area contributed by atoms with Gasteiger partial charge in [-0.1, -0.05) is 11.6 Å². The lowest BCUT2D eigenvalue weighted by molar-refractivity contribution is -0.357. The fraction of sp³-hybridized carbons (Fsp3) is 0.278. The highest BCUT2D eigenvalue weighted by Gasteiger charge is 2.71. The minimum Gasteiger partial charge on any atom is -0.385 e. The van der Waals surface area contributed by atoms with Crippen molar-refractivity contribution >= 4 is 29.0 Å². The maximum absolute atomic E-state index is 15.1. The van der Waals surface area contributed by atoms with Crippen LogP contribution in [0.4, 0.5) is 27.6 Å². The van der Waals surface area contributed by atoms with Crippen LogP contribution in [0.5, 0.6) is 0 Å². The van der Waals surface area contributed by atoms with Gasteiger partial charge in [-0.3, -0.25) is 9.79 Å². The second-order valence-electron chi connectivity index (χ2n) is 6.57. The number of carbonyl (C=O) groups excluding carboxylic acids is 1. The number of hydrogen-bond acceptors (Lipinski definition) is 5. The lowest BCUT2D eigenvalue weighted by atomic mass is 9.82. The number of carbonyl (C=O) groups is 1. The molecule has 1 unspecified atom stereocenters. The van der Waals surface area contributed by atoms with Gasteiger partial charge in [-0.2, -0.15) is 17.6 Å². The van der Waals surface area contributed by atoms with Gasteiger partial charge >= 0.3 is 12.0 Å². The molecule has 160 valence electrons. The molecule has 0 fully saturated rings. The zero-order chi connectivity index (χ0) is 22.3. The molecule has 1 aliphatic heterocycles. The molecule has 0 radical (unpaired) electrons. The molecule has 30 heavy (non-hydrogen) atoms. The normalized spacial score (nSPS) is 24.3. The molecule has 0 saturated heterocycles. The molecule has 0 saturated carbocycles. The quantitative estimate of drug-likeness (QED) is 0.696. The van der Waals surface area contributed by atoms with Crippen LogP contribution in [0.1, 0.15) is 23.0 Å². The van der Waals surface area contributed by atoms with E-state index in [-0.39, 0.29) is 16.4 Å². The van der Waals surface area contributed by atoms with Crippen molar-refractivity contribution in [2.45, 2.75) is 24.5 Å². The van der Waals surface area contributed by atoms with Gasteiger partial charge in [-0.05, 0) is 37.3 Å². The third-order valence-corrected chi connectivity index (χ3v) is 4.71. The SMILES string of the molecule is CC1(c2cc(NC(=O)c3ccc(Cl)cn3)ccc2F)N=C(N)CO[C@@]1(F)C(F)(F)F. The molecule has 1 aliphatic rings. The molecular weight excluding hydrogens is 435 g/mol. The zero-order valence-electron chi connectivity index (χ0n) is 15.2. The highest BCUT2D eigenvalue weighted by Crippen LogP contribution is 2.52. The van der Waals surface area contributed by atoms with Gasteiger partial charge in [0.05, 0.1) is 5.02 Å². The number of alkyl halides is 4. The van der Waals surface area contributed by atoms with Crippen molar-refractivity contribution in [3.8, 4) is 0 Å². The summed E-state index contributed by atoms with van der Waals surface area (Å²) in [4.78, 5) is 19.6. The number of halogens is 6. The Morgan fingerprint density at radius 1 is 1.30 bits per heavy atom. The predicted octanol–water partition coefficient (Wildman–Crippen LogP) is 3.96. The molecule has 3 rings (SSSR count). The van der Waals surface area contributed by atoms with Crippen LogP contribution >= 0.6 is 11.6 Å². The minimum absolute atomic E-state index is 0.0603. The fourth-order valence-electron chi connectivity index (χ4n) is 2.98. The summed E-state index contributed by atoms with van der Waals surface area (Å²) in [5.74, 6) is -6.76. The third-order valence-electron chi connectivity index (χ3n) is 4.49. The third kappa shape index (κ3) is 3.70. The molecular formula is C18H14ClF5N4O2. The van der Waals surface area contributed by atoms with Gasteiger partial charge < -0.3 is 15.8 Å². The van der Waals surface area contributed by atoms with Crippen LogP contribution in [-0.2, 0) is 10.3 Å². The topological polar surface area (TPSA) is 89.6 Å². The van der Waals surface area contributed by atoms with Crippen LogP contribution in [0, 0.1) is 5.82 Å². The average molecular weight is 449 g/mol. The molecule has 3 N–H and O–H groups in total. The number of amidine groups is 1. The molecule has 12 heteroatoms. The summed E-state index contributed by atoms with van der Waals surface area (Å²) in [7, 11) is 0. The van der Waals surface area contributed by atoms with Crippen molar-refractivity contribution < 1.29 is 31.5 Å². The van der Waals surface area contributed by atoms with Crippen LogP contribution < -0.4 is 11.1 Å². The first-order valence-corrected chi connectivity index (χ1v) is 8.72. The van der Waals surface area contributed by atoms with Crippen molar-refractivity contribution in [2.75, 3.05) is 11.9 Å². The van der Waals surface area contributed by atoms with Crippen LogP contribution in [0.15, 0.2) is 41.5 Å². The van der Waals surface area contributed by atoms with Gasteiger partial charge in [0.25, 0.3) is 5.91 Å². The Hall–Kier alpha value is -2.79. The molecule has 1 amide bonds. The summed E-state index contributed by atoms with van der Waals surface area (Å²) in [6, 6.07) is 5.38. The molecule has 2 aromatic rings. The first-order chi connectivity index (χ1) is 13.9. The monoisotopic (exact) mass is 448 g/mol. The second-order valence-corrected chi connectivity index (χ2v) is 7.00. The van der Waals surface area contributed by atoms with E-state index in [0.29, 0.717) is 6.92 Å². The number of hydrogen-bond donors (Lipinski definition) is 2. The van der Waals surface area contributed by atoms with E-state index in [9.17, 15) is 22.4 Å². The van der Waals surface area contributed by atoms with Gasteiger partial charge in [-0.15, -0.1) is 0 Å². The lowest BCUT2D eigenvalue weighted by Crippen LogP contribution is -2.61. The van der Waals surface area contributed by atoms with E-state index in [2.05, 4.69) is 20.0 Å². The molecule has 0 aliphatic carbocycles. The van der Waals surface area contributed by atoms with Gasteiger partial charge in [-0.25, -0.2) is 9.37 Å². The number of benzene rings is 1. The molecule has 2 atom stereocenters. The van der Waals surface area contributed by atoms with Gasteiger partial charge in [0.1, 0.15) is 24.0 Å². The summed E-state index contributed by atoms with van der Waals surface area (Å²) in [6.45, 7) is -0.219. The van der Waals surface area contributed by atoms with Gasteiger partial charge in [0.15, 0.2) is 5.54 Å². The number of aromatic nitrogens is 1. The highest BCUT2D eigenvalue weighted by molar-refractivity contribution is 6.30. The Kier molecular flexibility index (Phi) is 5.46. The number of nitrogens with one attached hydrogen (secondary N) is 1. The molecule has 0 spiro atoms. The van der Waals surface area contributed by atoms with E-state index in [1.165, 1.54) is 18.3 Å². The van der Waals surface area contributed by atoms with Gasteiger partial charge in [0, 0.05) is 17.4 Å². The van der Waals surface area contributed by atoms with Crippen molar-refractivity contribution in [1.82, 2.24) is 4.98 Å². The first-order valence-electron chi connectivity index (χ1n) is 8.34. The van der Waals surface area contributed by atoms with Crippen LogP contribution in [-0.4, -0.2) is 35.4 Å². The van der Waals surface area contributed by atoms with E-state index in [1.54, 1.807) is 0 Å². The molecule has 2 heterocycles. The summed E-state index contributed by atoms with van der Waals surface area (Å²) in [5.41, 5.74) is 1.54. The smallest absolute Gasteiger partial charge is 0.385 e. The average Bonchev–Trinajstić information content (AvgIpc) is 2.66. The first kappa shape index (κ1) is 21.9. The number of ether oxygens (including phenoxy) is 1. The summed E-state index contributed by atoms with van der Waals surface area (Å²) < 4.78 is 74.5. The maximum atomic E-state index is 15.1. The van der Waals surface area contributed by atoms with Crippen molar-refractivity contribution in [3.63, 3.8) is 0 Å². The molecule has 1 aromatic carbocycles. The summed E-state index contributed by atoms with van der Waals surface area (Å²) in [6.07, 6.45) is -4.34. The Bertz CT molecular complexity index is 1010. The predicted molar refractivity (Wildman–Crippen MR) is 98.4 cm³/mol. The van der Waals surface area contributed by atoms with Gasteiger partial charge in [0.2, 0.25) is 0 Å². The van der Waals surface area contributed by atoms with Crippen molar-refractivity contribution in [1.29, 1.82) is 0 Å². The number of aliphatic imine (C=N–C) groups is 1. The molecule has 1 aromatic heterocycles. The van der Waals surface area contributed by atoms with E-state index in [0.717, 1.165) is 18.2 Å². The van der Waals surface area contributed by atoms with Crippen molar-refractivity contribution in [3.05, 3.63) is 58.6 Å². The Labute approximate surface area is 171 Å². The van der Waals surface area contributed by atoms with Crippen LogP contribution in [0.3, 0.4) is 0 Å². The maximum Gasteiger partial charge on any atom is 0.451 e. The summed E-state index contributed by atoms with van der Waals surface area (Å²) >= 11 is 5.69. The fourth-order valence-corrected chi connectivity index (χ4v) is 3.09. The van der Waals surface area contributed by atoms with Crippen LogP contribution in [0.2, 0.25) is 5.02 Å². The summed E-state index contributed by atoms with van der Waals surface area (Å²) in [5, 5.41) is 2.62. The number of pyridine rings is 1. The Morgan fingerprint density at radius 3 is 2.60 bits per heavy atom. The molecule has 0 bridgehead atoms. The Balaban J connectivity index is 2.04. The van der Waals surface area contributed by atoms with E-state index in [1.807, 2.05) is 0 Å². The number of nitrogens with two attached hydrogens (primary N) is 1. The minimum atomic E-state index is -5.55. The van der Waals surface area contributed by atoms with Crippen LogP contribution in [0.25, 0.3) is 0 Å². The second kappa shape index (κ2) is 7.47. The number of rotatable bonds is 3. The highest BCUT2D eigenvalue weighted by atomic mass is 35.5. The molecule has 6 nitrogen and oxygen atoms in total. The van der Waals surface area contributed by atoms with Crippen molar-refractivity contribution in [2.24, 2.45) is 10.7 Å². The van der Waals surface area contributed by atoms with E-state index in [4.69, 9.17) is 17.3 Å². The Morgan fingerprint density at radius 2 is 2.00 bits per heavy atom. The number of amides is 1.